The van der Waals surface area contributed by atoms with Gasteiger partial charge in [-0.1, -0.05) is 41.4 Å². The van der Waals surface area contributed by atoms with Crippen LogP contribution in [0.5, 0.6) is 0 Å². The third-order valence-corrected chi connectivity index (χ3v) is 5.50. The van der Waals surface area contributed by atoms with Crippen molar-refractivity contribution >= 4 is 35.0 Å². The van der Waals surface area contributed by atoms with Crippen molar-refractivity contribution in [3.8, 4) is 0 Å². The molecule has 166 valence electrons. The number of hydrogen-bond acceptors (Lipinski definition) is 3. The molecule has 2 aromatic carbocycles. The fourth-order valence-electron chi connectivity index (χ4n) is 3.05. The van der Waals surface area contributed by atoms with Crippen LogP contribution < -0.4 is 0 Å². The number of aromatic nitrogens is 1. The molecule has 5 nitrogen and oxygen atoms in total. The van der Waals surface area contributed by atoms with Crippen LogP contribution in [-0.4, -0.2) is 40.7 Å². The van der Waals surface area contributed by atoms with Crippen molar-refractivity contribution in [3.05, 3.63) is 98.8 Å². The van der Waals surface area contributed by atoms with Crippen LogP contribution in [0, 0.1) is 11.6 Å². The van der Waals surface area contributed by atoms with E-state index in [4.69, 9.17) is 23.2 Å². The maximum atomic E-state index is 14.0. The number of nitrogens with zero attached hydrogens (tertiary/aromatic N) is 3. The van der Waals surface area contributed by atoms with Crippen molar-refractivity contribution in [1.82, 2.24) is 14.8 Å². The molecule has 0 unspecified atom stereocenters. The highest BCUT2D eigenvalue weighted by molar-refractivity contribution is 6.31. The lowest BCUT2D eigenvalue weighted by atomic mass is 10.2. The molecule has 1 heterocycles. The van der Waals surface area contributed by atoms with E-state index in [9.17, 15) is 18.4 Å². The Bertz CT molecular complexity index is 1050. The van der Waals surface area contributed by atoms with Crippen LogP contribution in [0.3, 0.4) is 0 Å². The molecule has 0 saturated carbocycles. The maximum Gasteiger partial charge on any atom is 0.272 e. The minimum atomic E-state index is -0.525. The summed E-state index contributed by atoms with van der Waals surface area (Å²) in [6.45, 7) is -0.147. The SMILES string of the molecule is CN(Cc1c(F)cccc1Cl)C(=O)c1cccc(C(=O)N(C)Cc2c(F)cccc2Cl)n1. The Hall–Kier alpha value is -3.03. The number of amides is 2. The van der Waals surface area contributed by atoms with Gasteiger partial charge in [-0.25, -0.2) is 13.8 Å². The summed E-state index contributed by atoms with van der Waals surface area (Å²) in [5.74, 6) is -2.08. The zero-order valence-electron chi connectivity index (χ0n) is 17.3. The van der Waals surface area contributed by atoms with Gasteiger partial charge < -0.3 is 9.80 Å². The topological polar surface area (TPSA) is 53.5 Å². The first-order chi connectivity index (χ1) is 15.2. The van der Waals surface area contributed by atoms with Crippen molar-refractivity contribution in [2.24, 2.45) is 0 Å². The van der Waals surface area contributed by atoms with E-state index in [0.29, 0.717) is 0 Å². The summed E-state index contributed by atoms with van der Waals surface area (Å²) >= 11 is 12.1. The predicted molar refractivity (Wildman–Crippen MR) is 119 cm³/mol. The molecule has 0 spiro atoms. The second kappa shape index (κ2) is 10.1. The van der Waals surface area contributed by atoms with E-state index >= 15 is 0 Å². The van der Waals surface area contributed by atoms with Gasteiger partial charge in [0, 0.05) is 35.3 Å². The summed E-state index contributed by atoms with van der Waals surface area (Å²) in [5, 5.41) is 0.407. The van der Waals surface area contributed by atoms with Crippen molar-refractivity contribution in [2.75, 3.05) is 14.1 Å². The second-order valence-electron chi connectivity index (χ2n) is 7.13. The molecular formula is C23H19Cl2F2N3O2. The second-order valence-corrected chi connectivity index (χ2v) is 7.95. The summed E-state index contributed by atoms with van der Waals surface area (Å²) in [6.07, 6.45) is 0. The molecule has 0 saturated heterocycles. The Kier molecular flexibility index (Phi) is 7.43. The van der Waals surface area contributed by atoms with E-state index in [1.54, 1.807) is 0 Å². The maximum absolute atomic E-state index is 14.0. The monoisotopic (exact) mass is 477 g/mol. The van der Waals surface area contributed by atoms with Crippen LogP contribution in [0.2, 0.25) is 10.0 Å². The molecule has 2 amide bonds. The van der Waals surface area contributed by atoms with Gasteiger partial charge in [0.25, 0.3) is 11.8 Å². The minimum absolute atomic E-state index is 0.00290. The summed E-state index contributed by atoms with van der Waals surface area (Å²) in [5.41, 5.74) is 0.365. The summed E-state index contributed by atoms with van der Waals surface area (Å²) in [7, 11) is 2.96. The first kappa shape index (κ1) is 23.6. The van der Waals surface area contributed by atoms with Crippen LogP contribution in [0.1, 0.15) is 32.1 Å². The van der Waals surface area contributed by atoms with Crippen LogP contribution in [0.15, 0.2) is 54.6 Å². The molecule has 0 aliphatic rings. The van der Waals surface area contributed by atoms with Gasteiger partial charge in [-0.05, 0) is 36.4 Å². The molecule has 0 radical (unpaired) electrons. The van der Waals surface area contributed by atoms with E-state index in [0.717, 1.165) is 0 Å². The summed E-state index contributed by atoms with van der Waals surface area (Å²) in [6, 6.07) is 13.0. The van der Waals surface area contributed by atoms with Gasteiger partial charge in [0.2, 0.25) is 0 Å². The lowest BCUT2D eigenvalue weighted by Crippen LogP contribution is -2.30. The van der Waals surface area contributed by atoms with Crippen molar-refractivity contribution < 1.29 is 18.4 Å². The predicted octanol–water partition coefficient (Wildman–Crippen LogP) is 5.21. The quantitative estimate of drug-likeness (QED) is 0.489. The lowest BCUT2D eigenvalue weighted by Gasteiger charge is -2.20. The zero-order chi connectivity index (χ0) is 23.4. The number of pyridine rings is 1. The first-order valence-electron chi connectivity index (χ1n) is 9.52. The number of halogens is 4. The van der Waals surface area contributed by atoms with Crippen LogP contribution in [0.25, 0.3) is 0 Å². The van der Waals surface area contributed by atoms with Gasteiger partial charge in [0.1, 0.15) is 23.0 Å². The van der Waals surface area contributed by atoms with Gasteiger partial charge in [-0.2, -0.15) is 0 Å². The number of carbonyl (C=O) groups excluding carboxylic acids is 2. The smallest absolute Gasteiger partial charge is 0.272 e. The third-order valence-electron chi connectivity index (χ3n) is 4.79. The number of rotatable bonds is 6. The van der Waals surface area contributed by atoms with E-state index in [-0.39, 0.29) is 45.6 Å². The van der Waals surface area contributed by atoms with Crippen molar-refractivity contribution in [3.63, 3.8) is 0 Å². The molecule has 0 bridgehead atoms. The van der Waals surface area contributed by atoms with Gasteiger partial charge in [-0.15, -0.1) is 0 Å². The Balaban J connectivity index is 1.76. The van der Waals surface area contributed by atoms with Gasteiger partial charge >= 0.3 is 0 Å². The highest BCUT2D eigenvalue weighted by Gasteiger charge is 2.21. The normalized spacial score (nSPS) is 10.7. The lowest BCUT2D eigenvalue weighted by molar-refractivity contribution is 0.0770. The highest BCUT2D eigenvalue weighted by Crippen LogP contribution is 2.22. The molecular weight excluding hydrogens is 459 g/mol. The molecule has 9 heteroatoms. The standard InChI is InChI=1S/C23H19Cl2F2N3O2/c1-29(12-14-16(24)6-3-8-18(14)26)22(31)20-10-5-11-21(28-20)23(32)30(2)13-15-17(25)7-4-9-19(15)27/h3-11H,12-13H2,1-2H3. The molecule has 3 rings (SSSR count). The number of benzene rings is 2. The van der Waals surface area contributed by atoms with Crippen molar-refractivity contribution in [2.45, 2.75) is 13.1 Å². The molecule has 1 aromatic heterocycles. The minimum Gasteiger partial charge on any atom is -0.336 e. The van der Waals surface area contributed by atoms with Gasteiger partial charge in [0.15, 0.2) is 0 Å². The first-order valence-corrected chi connectivity index (χ1v) is 10.3. The Morgan fingerprint density at radius 3 is 1.50 bits per heavy atom. The molecule has 0 N–H and O–H groups in total. The largest absolute Gasteiger partial charge is 0.336 e. The molecule has 0 aliphatic heterocycles. The highest BCUT2D eigenvalue weighted by atomic mass is 35.5. The fourth-order valence-corrected chi connectivity index (χ4v) is 3.49. The molecule has 32 heavy (non-hydrogen) atoms. The van der Waals surface area contributed by atoms with Crippen LogP contribution in [-0.2, 0) is 13.1 Å². The Morgan fingerprint density at radius 2 is 1.12 bits per heavy atom. The number of hydrogen-bond donors (Lipinski definition) is 0. The molecule has 0 aliphatic carbocycles. The summed E-state index contributed by atoms with van der Waals surface area (Å²) < 4.78 is 28.1. The van der Waals surface area contributed by atoms with E-state index in [1.165, 1.54) is 78.5 Å². The van der Waals surface area contributed by atoms with Crippen LogP contribution >= 0.6 is 23.2 Å². The fraction of sp³-hybridized carbons (Fsp3) is 0.174. The Labute approximate surface area is 194 Å². The number of carbonyl (C=O) groups is 2. The molecule has 0 fully saturated rings. The van der Waals surface area contributed by atoms with Crippen molar-refractivity contribution in [1.29, 1.82) is 0 Å². The van der Waals surface area contributed by atoms with E-state index in [2.05, 4.69) is 4.98 Å². The molecule has 0 atom stereocenters. The van der Waals surface area contributed by atoms with E-state index < -0.39 is 23.4 Å². The van der Waals surface area contributed by atoms with Gasteiger partial charge in [-0.3, -0.25) is 9.59 Å². The van der Waals surface area contributed by atoms with Gasteiger partial charge in [0.05, 0.1) is 13.1 Å². The zero-order valence-corrected chi connectivity index (χ0v) is 18.8. The van der Waals surface area contributed by atoms with Crippen LogP contribution in [0.4, 0.5) is 8.78 Å². The third kappa shape index (κ3) is 5.23. The molecule has 3 aromatic rings. The Morgan fingerprint density at radius 1 is 0.750 bits per heavy atom. The average Bonchev–Trinajstić information content (AvgIpc) is 2.77. The average molecular weight is 478 g/mol. The summed E-state index contributed by atoms with van der Waals surface area (Å²) in [4.78, 5) is 32.3. The van der Waals surface area contributed by atoms with E-state index in [1.807, 2.05) is 0 Å².